The van der Waals surface area contributed by atoms with E-state index >= 15 is 0 Å². The van der Waals surface area contributed by atoms with Crippen LogP contribution in [0.4, 0.5) is 5.69 Å². The number of rotatable bonds is 7. The summed E-state index contributed by atoms with van der Waals surface area (Å²) >= 11 is 0. The predicted octanol–water partition coefficient (Wildman–Crippen LogP) is 1.38. The van der Waals surface area contributed by atoms with Crippen molar-refractivity contribution in [1.29, 1.82) is 0 Å². The number of methoxy groups -OCH3 is 1. The molecule has 128 valence electrons. The van der Waals surface area contributed by atoms with E-state index in [1.807, 2.05) is 13.8 Å². The smallest absolute Gasteiger partial charge is 0.328 e. The first-order valence-corrected chi connectivity index (χ1v) is 8.98. The molecule has 23 heavy (non-hydrogen) atoms. The number of carbonyl (C=O) groups is 2. The van der Waals surface area contributed by atoms with Crippen LogP contribution in [-0.2, 0) is 19.6 Å². The number of hydrogen-bond donors (Lipinski definition) is 2. The molecular weight excluding hydrogens is 320 g/mol. The van der Waals surface area contributed by atoms with Gasteiger partial charge in [0.1, 0.15) is 6.04 Å². The monoisotopic (exact) mass is 342 g/mol. The van der Waals surface area contributed by atoms with E-state index in [1.165, 1.54) is 25.3 Å². The molecular formula is C15H22N2O5S. The summed E-state index contributed by atoms with van der Waals surface area (Å²) < 4.78 is 29.5. The van der Waals surface area contributed by atoms with E-state index in [2.05, 4.69) is 10.0 Å². The van der Waals surface area contributed by atoms with Crippen LogP contribution in [0.1, 0.15) is 30.6 Å². The maximum atomic E-state index is 12.3. The van der Waals surface area contributed by atoms with E-state index < -0.39 is 27.9 Å². The first-order chi connectivity index (χ1) is 10.6. The van der Waals surface area contributed by atoms with Crippen LogP contribution in [0.2, 0.25) is 0 Å². The zero-order chi connectivity index (χ0) is 17.6. The Kier molecular flexibility index (Phi) is 6.56. The van der Waals surface area contributed by atoms with E-state index in [9.17, 15) is 18.0 Å². The summed E-state index contributed by atoms with van der Waals surface area (Å²) in [5.41, 5.74) is 0.523. The highest BCUT2D eigenvalue weighted by Gasteiger charge is 2.23. The molecule has 1 aromatic rings. The molecule has 0 heterocycles. The number of hydrogen-bond acceptors (Lipinski definition) is 5. The molecule has 1 rings (SSSR count). The number of amides is 1. The Hall–Kier alpha value is -2.09. The summed E-state index contributed by atoms with van der Waals surface area (Å²) in [5, 5.41) is 2.61. The molecule has 0 aromatic heterocycles. The molecule has 0 fully saturated rings. The molecule has 0 saturated carbocycles. The number of esters is 1. The summed E-state index contributed by atoms with van der Waals surface area (Å²) in [6.07, 6.45) is 1.47. The molecule has 0 aliphatic heterocycles. The fraction of sp³-hybridized carbons (Fsp3) is 0.467. The molecule has 0 aliphatic carbocycles. The lowest BCUT2D eigenvalue weighted by atomic mass is 10.0. The molecule has 1 aromatic carbocycles. The van der Waals surface area contributed by atoms with Crippen molar-refractivity contribution in [2.45, 2.75) is 26.3 Å². The van der Waals surface area contributed by atoms with Gasteiger partial charge in [0.2, 0.25) is 10.0 Å². The van der Waals surface area contributed by atoms with E-state index in [0.717, 1.165) is 6.26 Å². The van der Waals surface area contributed by atoms with Gasteiger partial charge in [-0.25, -0.2) is 13.2 Å². The van der Waals surface area contributed by atoms with Gasteiger partial charge in [-0.1, -0.05) is 19.9 Å². The minimum atomic E-state index is -3.43. The lowest BCUT2D eigenvalue weighted by Gasteiger charge is -2.18. The van der Waals surface area contributed by atoms with Crippen molar-refractivity contribution in [2.24, 2.45) is 5.92 Å². The van der Waals surface area contributed by atoms with Crippen LogP contribution in [0.5, 0.6) is 0 Å². The minimum Gasteiger partial charge on any atom is -0.467 e. The average molecular weight is 342 g/mol. The maximum absolute atomic E-state index is 12.3. The van der Waals surface area contributed by atoms with Gasteiger partial charge in [-0.15, -0.1) is 0 Å². The second-order valence-electron chi connectivity index (χ2n) is 5.63. The lowest BCUT2D eigenvalue weighted by molar-refractivity contribution is -0.143. The van der Waals surface area contributed by atoms with Crippen LogP contribution < -0.4 is 10.0 Å². The first kappa shape index (κ1) is 19.0. The number of benzene rings is 1. The molecule has 0 spiro atoms. The van der Waals surface area contributed by atoms with Crippen LogP contribution in [-0.4, -0.2) is 39.7 Å². The highest BCUT2D eigenvalue weighted by Crippen LogP contribution is 2.13. The molecule has 1 atom stereocenters. The van der Waals surface area contributed by atoms with Gasteiger partial charge in [0.15, 0.2) is 0 Å². The van der Waals surface area contributed by atoms with E-state index in [4.69, 9.17) is 4.74 Å². The van der Waals surface area contributed by atoms with E-state index in [0.29, 0.717) is 6.42 Å². The van der Waals surface area contributed by atoms with Gasteiger partial charge < -0.3 is 10.1 Å². The maximum Gasteiger partial charge on any atom is 0.328 e. The van der Waals surface area contributed by atoms with Crippen LogP contribution >= 0.6 is 0 Å². The number of nitrogens with one attached hydrogen (secondary N) is 2. The first-order valence-electron chi connectivity index (χ1n) is 7.09. The zero-order valence-corrected chi connectivity index (χ0v) is 14.4. The second-order valence-corrected chi connectivity index (χ2v) is 7.38. The number of ether oxygens (including phenoxy) is 1. The van der Waals surface area contributed by atoms with Crippen LogP contribution in [0.15, 0.2) is 24.3 Å². The topological polar surface area (TPSA) is 102 Å². The molecule has 1 amide bonds. The van der Waals surface area contributed by atoms with Gasteiger partial charge in [-0.3, -0.25) is 9.52 Å². The van der Waals surface area contributed by atoms with Crippen molar-refractivity contribution in [2.75, 3.05) is 18.1 Å². The number of anilines is 1. The van der Waals surface area contributed by atoms with Crippen molar-refractivity contribution < 1.29 is 22.7 Å². The predicted molar refractivity (Wildman–Crippen MR) is 87.6 cm³/mol. The summed E-state index contributed by atoms with van der Waals surface area (Å²) in [6.45, 7) is 3.86. The van der Waals surface area contributed by atoms with Crippen LogP contribution in [0.3, 0.4) is 0 Å². The Morgan fingerprint density at radius 3 is 2.43 bits per heavy atom. The fourth-order valence-corrected chi connectivity index (χ4v) is 2.56. The third-order valence-electron chi connectivity index (χ3n) is 2.93. The Bertz CT molecular complexity index is 670. The van der Waals surface area contributed by atoms with Crippen LogP contribution in [0, 0.1) is 5.92 Å². The van der Waals surface area contributed by atoms with Gasteiger partial charge in [0.25, 0.3) is 5.91 Å². The summed E-state index contributed by atoms with van der Waals surface area (Å²) in [5.74, 6) is -0.798. The Morgan fingerprint density at radius 1 is 1.26 bits per heavy atom. The van der Waals surface area contributed by atoms with E-state index in [-0.39, 0.29) is 17.2 Å². The van der Waals surface area contributed by atoms with Gasteiger partial charge in [-0.2, -0.15) is 0 Å². The molecule has 0 radical (unpaired) electrons. The Balaban J connectivity index is 2.91. The van der Waals surface area contributed by atoms with Gasteiger partial charge in [0, 0.05) is 11.3 Å². The normalized spacial score (nSPS) is 12.6. The standard InChI is InChI=1S/C15H22N2O5S/c1-10(2)8-13(15(19)22-3)16-14(18)11-6-5-7-12(9-11)17-23(4,20)21/h5-7,9-10,13,17H,8H2,1-4H3,(H,16,18)/t13-/m0/s1. The molecule has 0 aliphatic rings. The third kappa shape index (κ3) is 6.68. The van der Waals surface area contributed by atoms with Gasteiger partial charge in [-0.05, 0) is 30.5 Å². The van der Waals surface area contributed by atoms with E-state index in [1.54, 1.807) is 6.07 Å². The van der Waals surface area contributed by atoms with Crippen molar-refractivity contribution in [3.8, 4) is 0 Å². The van der Waals surface area contributed by atoms with Crippen molar-refractivity contribution >= 4 is 27.6 Å². The van der Waals surface area contributed by atoms with Crippen molar-refractivity contribution in [3.63, 3.8) is 0 Å². The van der Waals surface area contributed by atoms with Crippen molar-refractivity contribution in [3.05, 3.63) is 29.8 Å². The molecule has 8 heteroatoms. The fourth-order valence-electron chi connectivity index (χ4n) is 2.01. The van der Waals surface area contributed by atoms with Crippen LogP contribution in [0.25, 0.3) is 0 Å². The average Bonchev–Trinajstić information content (AvgIpc) is 2.43. The lowest BCUT2D eigenvalue weighted by Crippen LogP contribution is -2.42. The van der Waals surface area contributed by atoms with Gasteiger partial charge in [0.05, 0.1) is 13.4 Å². The molecule has 0 unspecified atom stereocenters. The molecule has 0 saturated heterocycles. The molecule has 2 N–H and O–H groups in total. The summed E-state index contributed by atoms with van der Waals surface area (Å²) in [6, 6.07) is 5.27. The number of sulfonamides is 1. The Labute approximate surface area is 136 Å². The highest BCUT2D eigenvalue weighted by atomic mass is 32.2. The highest BCUT2D eigenvalue weighted by molar-refractivity contribution is 7.92. The zero-order valence-electron chi connectivity index (χ0n) is 13.6. The quantitative estimate of drug-likeness (QED) is 0.729. The Morgan fingerprint density at radius 2 is 1.91 bits per heavy atom. The SMILES string of the molecule is COC(=O)[C@H](CC(C)C)NC(=O)c1cccc(NS(C)(=O)=O)c1. The third-order valence-corrected chi connectivity index (χ3v) is 3.53. The van der Waals surface area contributed by atoms with Crippen molar-refractivity contribution in [1.82, 2.24) is 5.32 Å². The summed E-state index contributed by atoms with van der Waals surface area (Å²) in [4.78, 5) is 24.0. The molecule has 0 bridgehead atoms. The number of carbonyl (C=O) groups excluding carboxylic acids is 2. The second kappa shape index (κ2) is 7.96. The minimum absolute atomic E-state index is 0.192. The summed E-state index contributed by atoms with van der Waals surface area (Å²) in [7, 11) is -2.17. The molecule has 7 nitrogen and oxygen atoms in total. The van der Waals surface area contributed by atoms with Gasteiger partial charge >= 0.3 is 5.97 Å². The largest absolute Gasteiger partial charge is 0.467 e.